The number of aliphatic hydroxyl groups excluding tert-OH is 2. The minimum Gasteiger partial charge on any atom is -0.455 e. The average Bonchev–Trinajstić information content (AvgIpc) is 3.06. The number of Topliss-reactive ketones (excluding diaryl/α,β-unsaturated/α-hetero) is 1. The summed E-state index contributed by atoms with van der Waals surface area (Å²) < 4.78 is 29.3. The van der Waals surface area contributed by atoms with Crippen molar-refractivity contribution in [2.24, 2.45) is 16.7 Å². The van der Waals surface area contributed by atoms with Crippen LogP contribution in [0.3, 0.4) is 0 Å². The zero-order chi connectivity index (χ0) is 35.5. The molecule has 2 aromatic carbocycles. The molecular weight excluding hydrogens is 636 g/mol. The fraction of sp³-hybridized carbons (Fsp3) is 0.514. The van der Waals surface area contributed by atoms with Gasteiger partial charge in [0.1, 0.15) is 24.4 Å². The van der Waals surface area contributed by atoms with E-state index in [1.165, 1.54) is 26.0 Å². The number of ether oxygens (including phenoxy) is 5. The van der Waals surface area contributed by atoms with Gasteiger partial charge in [0.05, 0.1) is 35.7 Å². The van der Waals surface area contributed by atoms with Gasteiger partial charge in [-0.15, -0.1) is 0 Å². The Bertz CT molecular complexity index is 1670. The molecule has 0 aromatic heterocycles. The second-order valence-electron chi connectivity index (χ2n) is 14.3. The Hall–Kier alpha value is -4.10. The topological polar surface area (TPSA) is 175 Å². The fourth-order valence-corrected chi connectivity index (χ4v) is 8.59. The van der Waals surface area contributed by atoms with E-state index in [4.69, 9.17) is 23.7 Å². The maximum Gasteiger partial charge on any atom is 0.509 e. The molecule has 1 saturated heterocycles. The maximum atomic E-state index is 15.2. The SMILES string of the molecule is CC(=O)O[C@@]12CO[C@@H]1C[C@H](O)[C@@]1(C)C(=O)[C@H](OC(=O)OCc3ccccc3)C3=C(C)[C@@H](O)C[C@@](O)([C@@H](OC(=O)c4ccccc4)[C@H]21)C3(C)C. The third-order valence-corrected chi connectivity index (χ3v) is 11.3. The zero-order valence-corrected chi connectivity index (χ0v) is 28.1. The van der Waals surface area contributed by atoms with Crippen molar-refractivity contribution in [3.05, 3.63) is 82.9 Å². The highest BCUT2D eigenvalue weighted by Gasteiger charge is 2.78. The van der Waals surface area contributed by atoms with E-state index in [2.05, 4.69) is 0 Å². The van der Waals surface area contributed by atoms with Gasteiger partial charge in [-0.1, -0.05) is 62.4 Å². The van der Waals surface area contributed by atoms with Crippen molar-refractivity contribution in [3.8, 4) is 0 Å². The standard InChI is InChI=1S/C37H42O12/c1-20-24(39)17-37(44)31(48-32(42)23-14-10-7-11-15-23)29-35(5,25(40)16-26-36(29,19-46-26)49-21(2)38)30(41)28(27(20)34(37,3)4)47-33(43)45-18-22-12-8-6-9-13-22/h6-15,24-26,28-29,31,39-40,44H,16-19H2,1-5H3/t24-,25-,26+,28+,29-,31-,35+,36-,37+/m0/s1. The van der Waals surface area contributed by atoms with Gasteiger partial charge in [-0.3, -0.25) is 9.59 Å². The lowest BCUT2D eigenvalue weighted by Gasteiger charge is -2.67. The summed E-state index contributed by atoms with van der Waals surface area (Å²) in [5, 5.41) is 36.5. The molecule has 3 aliphatic carbocycles. The number of hydrogen-bond acceptors (Lipinski definition) is 12. The molecule has 9 atom stereocenters. The number of fused-ring (bicyclic) bond motifs is 5. The number of esters is 2. The lowest BCUT2D eigenvalue weighted by molar-refractivity contribution is -0.345. The van der Waals surface area contributed by atoms with E-state index >= 15 is 4.79 Å². The number of carbonyl (C=O) groups is 4. The van der Waals surface area contributed by atoms with Crippen molar-refractivity contribution >= 4 is 23.9 Å². The molecule has 1 aliphatic heterocycles. The van der Waals surface area contributed by atoms with Crippen molar-refractivity contribution in [1.82, 2.24) is 0 Å². The summed E-state index contributed by atoms with van der Waals surface area (Å²) in [5.74, 6) is -3.81. The van der Waals surface area contributed by atoms with Gasteiger partial charge in [-0.05, 0) is 42.7 Å². The fourth-order valence-electron chi connectivity index (χ4n) is 8.59. The predicted octanol–water partition coefficient (Wildman–Crippen LogP) is 3.44. The highest BCUT2D eigenvalue weighted by Crippen LogP contribution is 2.64. The summed E-state index contributed by atoms with van der Waals surface area (Å²) in [6, 6.07) is 16.9. The van der Waals surface area contributed by atoms with Crippen molar-refractivity contribution in [2.75, 3.05) is 6.61 Å². The Kier molecular flexibility index (Phi) is 8.76. The second-order valence-corrected chi connectivity index (χ2v) is 14.3. The largest absolute Gasteiger partial charge is 0.509 e. The van der Waals surface area contributed by atoms with Crippen LogP contribution in [0.25, 0.3) is 0 Å². The minimum absolute atomic E-state index is 0.0802. The molecule has 1 heterocycles. The van der Waals surface area contributed by atoms with Crippen molar-refractivity contribution in [1.29, 1.82) is 0 Å². The summed E-state index contributed by atoms with van der Waals surface area (Å²) in [6.45, 7) is 7.00. The van der Waals surface area contributed by atoms with E-state index in [0.717, 1.165) is 0 Å². The number of ketones is 1. The Morgan fingerprint density at radius 1 is 0.959 bits per heavy atom. The normalized spacial score (nSPS) is 36.1. The van der Waals surface area contributed by atoms with E-state index in [9.17, 15) is 29.7 Å². The number of carbonyl (C=O) groups excluding carboxylic acids is 4. The highest BCUT2D eigenvalue weighted by molar-refractivity contribution is 5.95. The van der Waals surface area contributed by atoms with Crippen molar-refractivity contribution < 1.29 is 58.2 Å². The van der Waals surface area contributed by atoms with E-state index in [0.29, 0.717) is 5.56 Å². The van der Waals surface area contributed by atoms with Crippen LogP contribution in [0, 0.1) is 16.7 Å². The Morgan fingerprint density at radius 2 is 1.59 bits per heavy atom. The molecule has 262 valence electrons. The molecule has 0 amide bonds. The Balaban J connectivity index is 1.54. The van der Waals surface area contributed by atoms with Crippen LogP contribution in [0.1, 0.15) is 63.4 Å². The van der Waals surface area contributed by atoms with Gasteiger partial charge >= 0.3 is 18.1 Å². The monoisotopic (exact) mass is 678 g/mol. The molecule has 12 nitrogen and oxygen atoms in total. The number of benzene rings is 2. The lowest BCUT2D eigenvalue weighted by Crippen LogP contribution is -2.81. The summed E-state index contributed by atoms with van der Waals surface area (Å²) in [7, 11) is 0. The quantitative estimate of drug-likeness (QED) is 0.231. The summed E-state index contributed by atoms with van der Waals surface area (Å²) >= 11 is 0. The molecule has 6 rings (SSSR count). The van der Waals surface area contributed by atoms with Gasteiger partial charge in [0.2, 0.25) is 0 Å². The molecular formula is C37H42O12. The molecule has 4 aliphatic rings. The smallest absolute Gasteiger partial charge is 0.455 e. The van der Waals surface area contributed by atoms with E-state index in [1.807, 2.05) is 0 Å². The first-order chi connectivity index (χ1) is 23.1. The van der Waals surface area contributed by atoms with Gasteiger partial charge in [-0.25, -0.2) is 9.59 Å². The maximum absolute atomic E-state index is 15.2. The van der Waals surface area contributed by atoms with Crippen LogP contribution >= 0.6 is 0 Å². The third kappa shape index (κ3) is 5.36. The van der Waals surface area contributed by atoms with Gasteiger partial charge in [0.15, 0.2) is 17.5 Å². The van der Waals surface area contributed by atoms with Crippen LogP contribution in [0.2, 0.25) is 0 Å². The van der Waals surface area contributed by atoms with Gasteiger partial charge < -0.3 is 39.0 Å². The first-order valence-corrected chi connectivity index (χ1v) is 16.4. The van der Waals surface area contributed by atoms with Crippen LogP contribution in [0.4, 0.5) is 4.79 Å². The molecule has 0 unspecified atom stereocenters. The number of aliphatic hydroxyl groups is 3. The molecule has 2 saturated carbocycles. The number of rotatable bonds is 6. The van der Waals surface area contributed by atoms with E-state index in [1.54, 1.807) is 69.3 Å². The van der Waals surface area contributed by atoms with Crippen molar-refractivity contribution in [3.63, 3.8) is 0 Å². The zero-order valence-electron chi connectivity index (χ0n) is 28.1. The molecule has 0 spiro atoms. The molecule has 49 heavy (non-hydrogen) atoms. The van der Waals surface area contributed by atoms with Gasteiger partial charge in [0, 0.05) is 25.2 Å². The Morgan fingerprint density at radius 3 is 2.18 bits per heavy atom. The summed E-state index contributed by atoms with van der Waals surface area (Å²) in [6.07, 6.45) is -8.94. The third-order valence-electron chi connectivity index (χ3n) is 11.3. The van der Waals surface area contributed by atoms with Gasteiger partial charge in [0.25, 0.3) is 0 Å². The lowest BCUT2D eigenvalue weighted by atomic mass is 9.44. The molecule has 12 heteroatoms. The van der Waals surface area contributed by atoms with Crippen LogP contribution in [0.5, 0.6) is 0 Å². The van der Waals surface area contributed by atoms with Gasteiger partial charge in [-0.2, -0.15) is 0 Å². The molecule has 2 bridgehead atoms. The van der Waals surface area contributed by atoms with E-state index in [-0.39, 0.29) is 42.8 Å². The predicted molar refractivity (Wildman–Crippen MR) is 171 cm³/mol. The second kappa shape index (κ2) is 12.3. The van der Waals surface area contributed by atoms with Crippen molar-refractivity contribution in [2.45, 2.75) is 95.8 Å². The first kappa shape index (κ1) is 34.8. The first-order valence-electron chi connectivity index (χ1n) is 16.4. The Labute approximate surface area is 283 Å². The average molecular weight is 679 g/mol. The molecule has 3 fully saturated rings. The summed E-state index contributed by atoms with van der Waals surface area (Å²) in [4.78, 5) is 55.2. The molecule has 3 N–H and O–H groups in total. The minimum atomic E-state index is -2.18. The molecule has 2 aromatic rings. The van der Waals surface area contributed by atoms with Crippen LogP contribution in [-0.4, -0.2) is 87.5 Å². The summed E-state index contributed by atoms with van der Waals surface area (Å²) in [5.41, 5.74) is -6.18. The number of hydrogen-bond donors (Lipinski definition) is 3. The van der Waals surface area contributed by atoms with Crippen LogP contribution in [-0.2, 0) is 39.9 Å². The van der Waals surface area contributed by atoms with Crippen LogP contribution in [0.15, 0.2) is 71.8 Å². The van der Waals surface area contributed by atoms with E-state index < -0.39 is 82.3 Å². The molecule has 0 radical (unpaired) electrons. The van der Waals surface area contributed by atoms with Crippen LogP contribution < -0.4 is 0 Å². The highest BCUT2D eigenvalue weighted by atomic mass is 16.7.